The molecule has 1 saturated carbocycles. The minimum atomic E-state index is -9.61. The van der Waals surface area contributed by atoms with Crippen LogP contribution in [0, 0.1) is 17.8 Å². The molecule has 160 valence electrons. The van der Waals surface area contributed by atoms with Crippen LogP contribution < -0.4 is 0 Å². The number of rotatable bonds is 8. The van der Waals surface area contributed by atoms with Gasteiger partial charge in [0.1, 0.15) is 4.90 Å². The molecule has 1 nitrogen and oxygen atoms in total. The van der Waals surface area contributed by atoms with Gasteiger partial charge in [0.15, 0.2) is 0 Å². The molecule has 0 saturated heterocycles. The van der Waals surface area contributed by atoms with Crippen molar-refractivity contribution in [3.05, 3.63) is 29.8 Å². The third-order valence-electron chi connectivity index (χ3n) is 5.00. The second-order valence-electron chi connectivity index (χ2n) is 7.52. The summed E-state index contributed by atoms with van der Waals surface area (Å²) in [6.45, 7) is 2.98. The van der Waals surface area contributed by atoms with Gasteiger partial charge in [0.2, 0.25) is 0 Å². The van der Waals surface area contributed by atoms with E-state index in [4.69, 9.17) is 4.74 Å². The van der Waals surface area contributed by atoms with Gasteiger partial charge >= 0.3 is 10.2 Å². The lowest BCUT2D eigenvalue weighted by atomic mass is 9.87. The summed E-state index contributed by atoms with van der Waals surface area (Å²) in [6.07, 6.45) is 9.94. The molecular weight excluding hydrogens is 395 g/mol. The third kappa shape index (κ3) is 8.00. The second kappa shape index (κ2) is 8.62. The topological polar surface area (TPSA) is 9.23 Å². The summed E-state index contributed by atoms with van der Waals surface area (Å²) in [6, 6.07) is 2.84. The van der Waals surface area contributed by atoms with Gasteiger partial charge in [0.25, 0.3) is 0 Å². The van der Waals surface area contributed by atoms with Crippen molar-refractivity contribution in [3.8, 4) is 11.8 Å². The maximum absolute atomic E-state index is 12.7. The summed E-state index contributed by atoms with van der Waals surface area (Å²) in [5.74, 6) is 6.04. The van der Waals surface area contributed by atoms with Crippen LogP contribution in [0.3, 0.4) is 0 Å². The molecule has 0 bridgehead atoms. The average Bonchev–Trinajstić information content (AvgIpc) is 2.62. The van der Waals surface area contributed by atoms with E-state index >= 15 is 0 Å². The molecule has 1 aromatic rings. The summed E-state index contributed by atoms with van der Waals surface area (Å²) in [7, 11) is -9.61. The highest BCUT2D eigenvalue weighted by molar-refractivity contribution is 8.45. The molecular formula is C21H29F5OS. The first-order valence-corrected chi connectivity index (χ1v) is 11.9. The van der Waals surface area contributed by atoms with Gasteiger partial charge in [-0.1, -0.05) is 63.9 Å². The Kier molecular flexibility index (Phi) is 7.09. The molecule has 0 unspecified atom stereocenters. The molecule has 1 aromatic carbocycles. The Morgan fingerprint density at radius 1 is 0.893 bits per heavy atom. The number of ether oxygens (including phenoxy) is 1. The molecule has 0 atom stereocenters. The van der Waals surface area contributed by atoms with E-state index in [-0.39, 0.29) is 12.0 Å². The predicted octanol–water partition coefficient (Wildman–Crippen LogP) is 8.24. The van der Waals surface area contributed by atoms with Gasteiger partial charge in [-0.15, -0.1) is 0 Å². The van der Waals surface area contributed by atoms with E-state index in [0.29, 0.717) is 17.7 Å². The first-order valence-electron chi connectivity index (χ1n) is 9.95. The fraction of sp³-hybridized carbons (Fsp3) is 0.619. The van der Waals surface area contributed by atoms with E-state index < -0.39 is 15.1 Å². The largest absolute Gasteiger partial charge is 0.378 e. The summed E-state index contributed by atoms with van der Waals surface area (Å²) >= 11 is 0. The van der Waals surface area contributed by atoms with E-state index in [1.54, 1.807) is 0 Å². The SMILES string of the molecule is CCCCCCCO[C@H]1CC[C@H](C#Cc2ccc(S(F)(F)(F)(F)F)cc2)CC1. The smallest absolute Gasteiger partial charge is 0.310 e. The maximum atomic E-state index is 12.7. The van der Waals surface area contributed by atoms with Crippen LogP contribution in [0.2, 0.25) is 0 Å². The normalized spacial score (nSPS) is 22.6. The Morgan fingerprint density at radius 2 is 1.50 bits per heavy atom. The third-order valence-corrected chi connectivity index (χ3v) is 6.16. The number of unbranched alkanes of at least 4 members (excludes halogenated alkanes) is 4. The van der Waals surface area contributed by atoms with E-state index in [9.17, 15) is 19.4 Å². The molecule has 0 spiro atoms. The molecule has 0 aliphatic heterocycles. The zero-order chi connectivity index (χ0) is 20.7. The van der Waals surface area contributed by atoms with Crippen LogP contribution >= 0.6 is 10.2 Å². The Hall–Kier alpha value is -1.26. The van der Waals surface area contributed by atoms with Crippen LogP contribution in [-0.4, -0.2) is 12.7 Å². The second-order valence-corrected chi connectivity index (χ2v) is 9.93. The van der Waals surface area contributed by atoms with Crippen LogP contribution in [-0.2, 0) is 4.74 Å². The van der Waals surface area contributed by atoms with Crippen molar-refractivity contribution in [1.29, 1.82) is 0 Å². The van der Waals surface area contributed by atoms with Gasteiger partial charge in [-0.2, -0.15) is 0 Å². The highest BCUT2D eigenvalue weighted by Crippen LogP contribution is 3.02. The van der Waals surface area contributed by atoms with E-state index in [1.165, 1.54) is 25.7 Å². The standard InChI is InChI=1S/C21H29F5OS/c1-2-3-4-5-6-17-27-20-13-9-18(10-14-20)7-8-19-11-15-21(16-12-19)28(22,23,24,25)26/h11-12,15-16,18,20H,2-6,9-10,13-14,17H2,1H3/t18-,20-. The van der Waals surface area contributed by atoms with Crippen LogP contribution in [0.25, 0.3) is 0 Å². The van der Waals surface area contributed by atoms with Crippen LogP contribution in [0.4, 0.5) is 19.4 Å². The van der Waals surface area contributed by atoms with Crippen molar-refractivity contribution in [2.45, 2.75) is 75.7 Å². The molecule has 1 aliphatic rings. The molecule has 28 heavy (non-hydrogen) atoms. The quantitative estimate of drug-likeness (QED) is 0.232. The number of hydrogen-bond donors (Lipinski definition) is 0. The highest BCUT2D eigenvalue weighted by Gasteiger charge is 2.65. The molecule has 0 aromatic heterocycles. The summed E-state index contributed by atoms with van der Waals surface area (Å²) in [4.78, 5) is -1.88. The van der Waals surface area contributed by atoms with Gasteiger partial charge in [-0.3, -0.25) is 0 Å². The Labute approximate surface area is 164 Å². The monoisotopic (exact) mass is 424 g/mol. The van der Waals surface area contributed by atoms with Crippen molar-refractivity contribution in [3.63, 3.8) is 0 Å². The van der Waals surface area contributed by atoms with Crippen molar-refractivity contribution < 1.29 is 24.2 Å². The van der Waals surface area contributed by atoms with Gasteiger partial charge in [0.05, 0.1) is 6.10 Å². The van der Waals surface area contributed by atoms with Gasteiger partial charge in [0, 0.05) is 18.1 Å². The molecule has 0 amide bonds. The fourth-order valence-electron chi connectivity index (χ4n) is 3.31. The van der Waals surface area contributed by atoms with Crippen molar-refractivity contribution in [2.24, 2.45) is 5.92 Å². The fourth-order valence-corrected chi connectivity index (χ4v) is 3.96. The lowest BCUT2D eigenvalue weighted by Crippen LogP contribution is -2.21. The molecule has 1 fully saturated rings. The minimum absolute atomic E-state index is 0.166. The van der Waals surface area contributed by atoms with Crippen LogP contribution in [0.5, 0.6) is 0 Å². The van der Waals surface area contributed by atoms with Crippen LogP contribution in [0.1, 0.15) is 70.3 Å². The van der Waals surface area contributed by atoms with Crippen molar-refractivity contribution in [1.82, 2.24) is 0 Å². The van der Waals surface area contributed by atoms with Gasteiger partial charge in [-0.05, 0) is 56.4 Å². The van der Waals surface area contributed by atoms with E-state index in [0.717, 1.165) is 50.8 Å². The molecule has 0 heterocycles. The Bertz CT molecular complexity index is 680. The highest BCUT2D eigenvalue weighted by atomic mass is 32.5. The molecule has 1 aliphatic carbocycles. The van der Waals surface area contributed by atoms with Crippen LogP contribution in [0.15, 0.2) is 29.2 Å². The molecule has 2 rings (SSSR count). The lowest BCUT2D eigenvalue weighted by molar-refractivity contribution is 0.0209. The Morgan fingerprint density at radius 3 is 2.07 bits per heavy atom. The summed E-state index contributed by atoms with van der Waals surface area (Å²) < 4.78 is 69.5. The van der Waals surface area contributed by atoms with Gasteiger partial charge < -0.3 is 4.74 Å². The molecule has 0 radical (unpaired) electrons. The Balaban J connectivity index is 1.76. The predicted molar refractivity (Wildman–Crippen MR) is 105 cm³/mol. The summed E-state index contributed by atoms with van der Waals surface area (Å²) in [5.41, 5.74) is 0.316. The van der Waals surface area contributed by atoms with E-state index in [2.05, 4.69) is 18.8 Å². The number of hydrogen-bond acceptors (Lipinski definition) is 1. The number of halogens is 5. The average molecular weight is 425 g/mol. The molecule has 7 heteroatoms. The zero-order valence-corrected chi connectivity index (χ0v) is 17.1. The van der Waals surface area contributed by atoms with E-state index in [1.807, 2.05) is 0 Å². The van der Waals surface area contributed by atoms with Gasteiger partial charge in [-0.25, -0.2) is 0 Å². The first-order chi connectivity index (χ1) is 13.0. The first kappa shape index (κ1) is 23.0. The van der Waals surface area contributed by atoms with Crippen molar-refractivity contribution >= 4 is 10.2 Å². The maximum Gasteiger partial charge on any atom is 0.310 e. The summed E-state index contributed by atoms with van der Waals surface area (Å²) in [5, 5.41) is 0. The zero-order valence-electron chi connectivity index (χ0n) is 16.2. The van der Waals surface area contributed by atoms with Crippen molar-refractivity contribution in [2.75, 3.05) is 6.61 Å². The minimum Gasteiger partial charge on any atom is -0.378 e. The molecule has 0 N–H and O–H groups in total. The number of benzene rings is 1. The lowest BCUT2D eigenvalue weighted by Gasteiger charge is -2.40.